The summed E-state index contributed by atoms with van der Waals surface area (Å²) >= 11 is 1.03. The predicted octanol–water partition coefficient (Wildman–Crippen LogP) is 2.87. The van der Waals surface area contributed by atoms with E-state index in [1.807, 2.05) is 0 Å². The second-order valence-corrected chi connectivity index (χ2v) is 10.9. The molecular weight excluding hydrogens is 504 g/mol. The zero-order valence-electron chi connectivity index (χ0n) is 19.2. The number of fused-ring (bicyclic) bond motifs is 1. The van der Waals surface area contributed by atoms with Gasteiger partial charge in [0.1, 0.15) is 0 Å². The highest BCUT2D eigenvalue weighted by Gasteiger charge is 2.28. The number of carbonyl (C=O) groups excluding carboxylic acids is 1. The molecule has 4 aromatic rings. The molecule has 14 heteroatoms. The van der Waals surface area contributed by atoms with E-state index in [0.29, 0.717) is 28.3 Å². The first kappa shape index (κ1) is 23.8. The second kappa shape index (κ2) is 9.62. The molecule has 3 aromatic heterocycles. The molecule has 5 N–H and O–H groups in total. The van der Waals surface area contributed by atoms with Gasteiger partial charge in [0.15, 0.2) is 5.65 Å². The Bertz CT molecular complexity index is 1500. The Morgan fingerprint density at radius 2 is 1.97 bits per heavy atom. The minimum absolute atomic E-state index is 0.0268. The Balaban J connectivity index is 1.29. The Labute approximate surface area is 211 Å². The average molecular weight is 529 g/mol. The molecule has 188 valence electrons. The number of nitrogens with one attached hydrogen (secondary N) is 3. The summed E-state index contributed by atoms with van der Waals surface area (Å²) in [6.45, 7) is 0. The molecule has 1 fully saturated rings. The van der Waals surface area contributed by atoms with Crippen molar-refractivity contribution in [2.24, 2.45) is 0 Å². The van der Waals surface area contributed by atoms with Gasteiger partial charge in [-0.2, -0.15) is 4.98 Å². The summed E-state index contributed by atoms with van der Waals surface area (Å²) in [7, 11) is -2.36. The highest BCUT2D eigenvalue weighted by molar-refractivity contribution is 7.90. The van der Waals surface area contributed by atoms with Crippen LogP contribution in [0.5, 0.6) is 6.01 Å². The lowest BCUT2D eigenvalue weighted by Crippen LogP contribution is -2.37. The van der Waals surface area contributed by atoms with E-state index < -0.39 is 10.0 Å². The Morgan fingerprint density at radius 3 is 2.72 bits per heavy atom. The molecule has 36 heavy (non-hydrogen) atoms. The van der Waals surface area contributed by atoms with Crippen molar-refractivity contribution in [1.29, 1.82) is 0 Å². The van der Waals surface area contributed by atoms with Gasteiger partial charge < -0.3 is 21.1 Å². The van der Waals surface area contributed by atoms with E-state index in [1.54, 1.807) is 36.4 Å². The number of nitrogens with zero attached hydrogens (tertiary/aromatic N) is 4. The summed E-state index contributed by atoms with van der Waals surface area (Å²) < 4.78 is 36.3. The zero-order chi connectivity index (χ0) is 25.3. The van der Waals surface area contributed by atoms with Crippen LogP contribution in [-0.2, 0) is 10.0 Å². The van der Waals surface area contributed by atoms with Gasteiger partial charge in [-0.1, -0.05) is 18.2 Å². The van der Waals surface area contributed by atoms with E-state index in [1.165, 1.54) is 19.5 Å². The molecule has 2 atom stereocenters. The maximum absolute atomic E-state index is 13.2. The Morgan fingerprint density at radius 1 is 1.19 bits per heavy atom. The van der Waals surface area contributed by atoms with Crippen molar-refractivity contribution in [3.05, 3.63) is 48.8 Å². The Kier molecular flexibility index (Phi) is 6.36. The van der Waals surface area contributed by atoms with E-state index in [-0.39, 0.29) is 34.7 Å². The van der Waals surface area contributed by atoms with Gasteiger partial charge in [-0.15, -0.1) is 4.37 Å². The molecule has 5 rings (SSSR count). The number of benzene rings is 1. The third-order valence-electron chi connectivity index (χ3n) is 5.94. The number of rotatable bonds is 7. The van der Waals surface area contributed by atoms with Crippen molar-refractivity contribution < 1.29 is 17.9 Å². The smallest absolute Gasteiger partial charge is 0.329 e. The molecule has 0 radical (unpaired) electrons. The van der Waals surface area contributed by atoms with Crippen molar-refractivity contribution >= 4 is 55.1 Å². The molecule has 0 saturated heterocycles. The predicted molar refractivity (Wildman–Crippen MR) is 137 cm³/mol. The van der Waals surface area contributed by atoms with Crippen LogP contribution >= 0.6 is 11.5 Å². The number of hydrogen-bond acceptors (Lipinski definition) is 10. The van der Waals surface area contributed by atoms with Crippen LogP contribution in [0.2, 0.25) is 0 Å². The van der Waals surface area contributed by atoms with Crippen LogP contribution in [0.3, 0.4) is 0 Å². The number of aromatic nitrogens is 4. The van der Waals surface area contributed by atoms with Gasteiger partial charge in [-0.25, -0.2) is 22.2 Å². The van der Waals surface area contributed by atoms with Crippen molar-refractivity contribution in [3.8, 4) is 6.01 Å². The van der Waals surface area contributed by atoms with E-state index in [4.69, 9.17) is 10.5 Å². The molecular formula is C22H24N8O4S2. The van der Waals surface area contributed by atoms with Gasteiger partial charge in [0, 0.05) is 35.2 Å². The van der Waals surface area contributed by atoms with E-state index in [2.05, 4.69) is 30.3 Å². The third-order valence-corrected chi connectivity index (χ3v) is 8.23. The standard InChI is InChI=1S/C22H24N8O4S2/c1-34-21-28-22(35-29-21)27-20(31)26-14-8-7-13(11-14)25-18-16-9-10-30(19(16)24-12-17(18)23)36(32,33)15-5-3-2-4-6-15/h2-6,9-10,12-14H,7-8,11,23H2,1H3,(H,24,25)(H2,26,27,28,29,31)/t13-,14-/m1/s1. The lowest BCUT2D eigenvalue weighted by Gasteiger charge is -2.18. The number of ether oxygens (including phenoxy) is 1. The quantitative estimate of drug-likeness (QED) is 0.282. The molecule has 0 spiro atoms. The molecule has 1 saturated carbocycles. The highest BCUT2D eigenvalue weighted by Crippen LogP contribution is 2.33. The van der Waals surface area contributed by atoms with E-state index in [9.17, 15) is 13.2 Å². The number of nitrogen functional groups attached to an aromatic ring is 1. The number of urea groups is 1. The summed E-state index contributed by atoms with van der Waals surface area (Å²) in [6.07, 6.45) is 5.16. The van der Waals surface area contributed by atoms with Gasteiger partial charge >= 0.3 is 12.0 Å². The van der Waals surface area contributed by atoms with Gasteiger partial charge in [-0.3, -0.25) is 5.32 Å². The summed E-state index contributed by atoms with van der Waals surface area (Å²) in [5.74, 6) is 0. The lowest BCUT2D eigenvalue weighted by molar-refractivity contribution is 0.248. The van der Waals surface area contributed by atoms with Gasteiger partial charge in [-0.05, 0) is 37.5 Å². The molecule has 2 amide bonds. The van der Waals surface area contributed by atoms with Crippen molar-refractivity contribution in [2.75, 3.05) is 23.5 Å². The number of carbonyl (C=O) groups is 1. The van der Waals surface area contributed by atoms with Crippen molar-refractivity contribution in [1.82, 2.24) is 23.6 Å². The van der Waals surface area contributed by atoms with Gasteiger partial charge in [0.25, 0.3) is 10.0 Å². The maximum atomic E-state index is 13.2. The van der Waals surface area contributed by atoms with Crippen LogP contribution in [0.1, 0.15) is 19.3 Å². The van der Waals surface area contributed by atoms with Crippen LogP contribution in [-0.4, -0.2) is 52.0 Å². The normalized spacial score (nSPS) is 17.7. The van der Waals surface area contributed by atoms with Crippen LogP contribution in [0, 0.1) is 0 Å². The second-order valence-electron chi connectivity index (χ2n) is 8.29. The minimum atomic E-state index is -3.81. The Hall–Kier alpha value is -3.91. The van der Waals surface area contributed by atoms with E-state index >= 15 is 0 Å². The monoisotopic (exact) mass is 528 g/mol. The number of pyridine rings is 1. The number of hydrogen-bond donors (Lipinski definition) is 4. The van der Waals surface area contributed by atoms with Crippen LogP contribution < -0.4 is 26.4 Å². The molecule has 12 nitrogen and oxygen atoms in total. The fourth-order valence-electron chi connectivity index (χ4n) is 4.25. The number of amides is 2. The molecule has 1 aliphatic rings. The van der Waals surface area contributed by atoms with Crippen LogP contribution in [0.15, 0.2) is 53.7 Å². The molecule has 0 unspecified atom stereocenters. The fourth-order valence-corrected chi connectivity index (χ4v) is 6.11. The highest BCUT2D eigenvalue weighted by atomic mass is 32.2. The third kappa shape index (κ3) is 4.64. The maximum Gasteiger partial charge on any atom is 0.329 e. The van der Waals surface area contributed by atoms with Crippen LogP contribution in [0.4, 0.5) is 21.3 Å². The summed E-state index contributed by atoms with van der Waals surface area (Å²) in [4.78, 5) is 20.8. The van der Waals surface area contributed by atoms with Gasteiger partial charge in [0.2, 0.25) is 5.13 Å². The largest absolute Gasteiger partial charge is 0.466 e. The minimum Gasteiger partial charge on any atom is -0.466 e. The summed E-state index contributed by atoms with van der Waals surface area (Å²) in [5.41, 5.74) is 7.55. The first-order valence-corrected chi connectivity index (χ1v) is 13.3. The lowest BCUT2D eigenvalue weighted by atomic mass is 10.2. The van der Waals surface area contributed by atoms with Crippen molar-refractivity contribution in [2.45, 2.75) is 36.2 Å². The molecule has 0 bridgehead atoms. The van der Waals surface area contributed by atoms with Crippen molar-refractivity contribution in [3.63, 3.8) is 0 Å². The molecule has 0 aliphatic heterocycles. The fraction of sp³-hybridized carbons (Fsp3) is 0.273. The SMILES string of the molecule is COc1nsc(NC(=O)N[C@@H]2CC[C@@H](Nc3c(N)cnc4c3ccn4S(=O)(=O)c3ccccc3)C2)n1. The van der Waals surface area contributed by atoms with Gasteiger partial charge in [0.05, 0.1) is 29.6 Å². The molecule has 1 aliphatic carbocycles. The van der Waals surface area contributed by atoms with E-state index in [0.717, 1.165) is 28.3 Å². The first-order valence-electron chi connectivity index (χ1n) is 11.1. The number of methoxy groups -OCH3 is 1. The average Bonchev–Trinajstić information content (AvgIpc) is 3.61. The molecule has 1 aromatic carbocycles. The topological polar surface area (TPSA) is 166 Å². The van der Waals surface area contributed by atoms with Crippen LogP contribution in [0.25, 0.3) is 11.0 Å². The molecule has 3 heterocycles. The summed E-state index contributed by atoms with van der Waals surface area (Å²) in [5, 5.41) is 9.99. The summed E-state index contributed by atoms with van der Waals surface area (Å²) in [6, 6.07) is 9.68. The zero-order valence-corrected chi connectivity index (χ0v) is 20.8. The number of nitrogens with two attached hydrogens (primary N) is 1. The number of anilines is 3. The first-order chi connectivity index (χ1) is 17.3.